The molecule has 0 amide bonds. The summed E-state index contributed by atoms with van der Waals surface area (Å²) in [6.45, 7) is -1.71. The summed E-state index contributed by atoms with van der Waals surface area (Å²) in [7, 11) is 0. The molecule has 0 fully saturated rings. The molecule has 0 aliphatic rings. The van der Waals surface area contributed by atoms with E-state index in [0.717, 1.165) is 0 Å². The van der Waals surface area contributed by atoms with Gasteiger partial charge in [0.15, 0.2) is 6.67 Å². The fourth-order valence-corrected chi connectivity index (χ4v) is 0.766. The number of hydrogen-bond acceptors (Lipinski definition) is 1. The molecule has 0 saturated carbocycles. The lowest BCUT2D eigenvalue weighted by Crippen LogP contribution is -2.29. The number of alkyl halides is 3. The van der Waals surface area contributed by atoms with Gasteiger partial charge in [-0.25, -0.2) is 4.39 Å². The summed E-state index contributed by atoms with van der Waals surface area (Å²) in [5.74, 6) is 0. The highest BCUT2D eigenvalue weighted by atomic mass is 19.3. The monoisotopic (exact) mass is 175 g/mol. The van der Waals surface area contributed by atoms with Crippen molar-refractivity contribution in [3.05, 3.63) is 30.3 Å². The van der Waals surface area contributed by atoms with E-state index in [1.54, 1.807) is 23.5 Å². The number of hydrogen-bond donors (Lipinski definition) is 1. The van der Waals surface area contributed by atoms with E-state index in [4.69, 9.17) is 0 Å². The van der Waals surface area contributed by atoms with Crippen LogP contribution in [0.25, 0.3) is 0 Å². The molecule has 0 saturated heterocycles. The van der Waals surface area contributed by atoms with Crippen molar-refractivity contribution < 1.29 is 13.2 Å². The van der Waals surface area contributed by atoms with Crippen molar-refractivity contribution in [2.24, 2.45) is 0 Å². The average Bonchev–Trinajstić information content (AvgIpc) is 2.06. The molecule has 0 bridgehead atoms. The molecule has 0 aromatic heterocycles. The minimum Gasteiger partial charge on any atom is -0.325 e. The topological polar surface area (TPSA) is 12.0 Å². The molecule has 0 heterocycles. The first-order chi connectivity index (χ1) is 5.64. The Morgan fingerprint density at radius 1 is 1.17 bits per heavy atom. The van der Waals surface area contributed by atoms with Crippen LogP contribution in [0.4, 0.5) is 18.9 Å². The quantitative estimate of drug-likeness (QED) is 0.696. The van der Waals surface area contributed by atoms with Crippen molar-refractivity contribution in [1.82, 2.24) is 0 Å². The van der Waals surface area contributed by atoms with Crippen LogP contribution in [-0.4, -0.2) is 12.7 Å². The van der Waals surface area contributed by atoms with Gasteiger partial charge in [0.1, 0.15) is 0 Å². The summed E-state index contributed by atoms with van der Waals surface area (Å²) < 4.78 is 36.3. The van der Waals surface area contributed by atoms with Crippen molar-refractivity contribution in [3.63, 3.8) is 0 Å². The molecular weight excluding hydrogens is 167 g/mol. The smallest absolute Gasteiger partial charge is 0.325 e. The number of benzene rings is 1. The largest absolute Gasteiger partial charge is 0.351 e. The Hall–Kier alpha value is -1.19. The van der Waals surface area contributed by atoms with Gasteiger partial charge in [-0.3, -0.25) is 0 Å². The van der Waals surface area contributed by atoms with Crippen LogP contribution in [0.5, 0.6) is 0 Å². The van der Waals surface area contributed by atoms with E-state index in [0.29, 0.717) is 0 Å². The van der Waals surface area contributed by atoms with Crippen molar-refractivity contribution in [1.29, 1.82) is 0 Å². The molecule has 0 aliphatic heterocycles. The third kappa shape index (κ3) is 2.45. The Kier molecular flexibility index (Phi) is 2.58. The fourth-order valence-electron chi connectivity index (χ4n) is 0.766. The first-order valence-corrected chi connectivity index (χ1v) is 3.41. The Labute approximate surface area is 68.2 Å². The molecule has 0 spiro atoms. The molecular formula is C8H8F3N. The predicted molar refractivity (Wildman–Crippen MR) is 41.0 cm³/mol. The van der Waals surface area contributed by atoms with Gasteiger partial charge in [0.25, 0.3) is 0 Å². The highest BCUT2D eigenvalue weighted by Gasteiger charge is 2.27. The first-order valence-electron chi connectivity index (χ1n) is 3.41. The summed E-state index contributed by atoms with van der Waals surface area (Å²) >= 11 is 0. The van der Waals surface area contributed by atoms with Crippen molar-refractivity contribution >= 4 is 5.69 Å². The number of para-hydroxylation sites is 1. The number of rotatable bonds is 3. The zero-order valence-electron chi connectivity index (χ0n) is 6.23. The zero-order valence-corrected chi connectivity index (χ0v) is 6.23. The molecule has 4 heteroatoms. The Balaban J connectivity index is 2.64. The van der Waals surface area contributed by atoms with E-state index < -0.39 is 12.7 Å². The molecule has 0 aliphatic carbocycles. The SMILES string of the molecule is FCC(F)(F)Nc1ccccc1. The van der Waals surface area contributed by atoms with Crippen LogP contribution >= 0.6 is 0 Å². The zero-order chi connectivity index (χ0) is 9.03. The first kappa shape index (κ1) is 8.90. The van der Waals surface area contributed by atoms with Crippen LogP contribution in [0.3, 0.4) is 0 Å². The van der Waals surface area contributed by atoms with Crippen molar-refractivity contribution in [2.75, 3.05) is 12.0 Å². The maximum absolute atomic E-state index is 12.4. The van der Waals surface area contributed by atoms with Gasteiger partial charge in [0.2, 0.25) is 0 Å². The third-order valence-electron chi connectivity index (χ3n) is 1.27. The van der Waals surface area contributed by atoms with Gasteiger partial charge in [0, 0.05) is 5.69 Å². The second kappa shape index (κ2) is 3.47. The second-order valence-corrected chi connectivity index (χ2v) is 2.33. The summed E-state index contributed by atoms with van der Waals surface area (Å²) in [4.78, 5) is 0. The fraction of sp³-hybridized carbons (Fsp3) is 0.250. The van der Waals surface area contributed by atoms with E-state index in [-0.39, 0.29) is 5.69 Å². The number of halogens is 3. The molecule has 1 N–H and O–H groups in total. The highest BCUT2D eigenvalue weighted by Crippen LogP contribution is 2.18. The second-order valence-electron chi connectivity index (χ2n) is 2.33. The van der Waals surface area contributed by atoms with Crippen LogP contribution in [-0.2, 0) is 0 Å². The van der Waals surface area contributed by atoms with E-state index in [9.17, 15) is 13.2 Å². The lowest BCUT2D eigenvalue weighted by molar-refractivity contribution is 0.00684. The molecule has 1 nitrogen and oxygen atoms in total. The Morgan fingerprint density at radius 2 is 1.75 bits per heavy atom. The van der Waals surface area contributed by atoms with Gasteiger partial charge in [-0.15, -0.1) is 0 Å². The molecule has 0 unspecified atom stereocenters. The standard InChI is InChI=1S/C8H8F3N/c9-6-8(10,11)12-7-4-2-1-3-5-7/h1-5,12H,6H2. The average molecular weight is 175 g/mol. The summed E-state index contributed by atoms with van der Waals surface area (Å²) in [5.41, 5.74) is 0.208. The summed E-state index contributed by atoms with van der Waals surface area (Å²) in [6, 6.07) is 4.31. The van der Waals surface area contributed by atoms with E-state index in [1.165, 1.54) is 12.1 Å². The van der Waals surface area contributed by atoms with Gasteiger partial charge >= 0.3 is 6.05 Å². The maximum atomic E-state index is 12.4. The van der Waals surface area contributed by atoms with Crippen LogP contribution in [0, 0.1) is 0 Å². The highest BCUT2D eigenvalue weighted by molar-refractivity contribution is 5.43. The molecule has 12 heavy (non-hydrogen) atoms. The van der Waals surface area contributed by atoms with E-state index in [2.05, 4.69) is 0 Å². The van der Waals surface area contributed by atoms with Crippen LogP contribution in [0.15, 0.2) is 30.3 Å². The van der Waals surface area contributed by atoms with Gasteiger partial charge in [-0.2, -0.15) is 8.78 Å². The molecule has 0 radical (unpaired) electrons. The number of anilines is 1. The van der Waals surface area contributed by atoms with Gasteiger partial charge in [-0.05, 0) is 12.1 Å². The van der Waals surface area contributed by atoms with Crippen LogP contribution in [0.2, 0.25) is 0 Å². The molecule has 0 atom stereocenters. The lowest BCUT2D eigenvalue weighted by atomic mass is 10.3. The molecule has 1 aromatic rings. The third-order valence-corrected chi connectivity index (χ3v) is 1.27. The molecule has 66 valence electrons. The van der Waals surface area contributed by atoms with Crippen molar-refractivity contribution in [2.45, 2.75) is 6.05 Å². The normalized spacial score (nSPS) is 11.2. The summed E-state index contributed by atoms with van der Waals surface area (Å²) in [5, 5.41) is 1.76. The van der Waals surface area contributed by atoms with Crippen molar-refractivity contribution in [3.8, 4) is 0 Å². The Bertz CT molecular complexity index is 235. The van der Waals surface area contributed by atoms with Gasteiger partial charge in [0.05, 0.1) is 0 Å². The van der Waals surface area contributed by atoms with Gasteiger partial charge in [-0.1, -0.05) is 18.2 Å². The predicted octanol–water partition coefficient (Wildman–Crippen LogP) is 2.66. The molecule has 1 aromatic carbocycles. The minimum absolute atomic E-state index is 0.208. The summed E-state index contributed by atoms with van der Waals surface area (Å²) in [6.07, 6.45) is 0. The minimum atomic E-state index is -3.47. The Morgan fingerprint density at radius 3 is 2.25 bits per heavy atom. The van der Waals surface area contributed by atoms with Gasteiger partial charge < -0.3 is 5.32 Å². The van der Waals surface area contributed by atoms with Crippen LogP contribution < -0.4 is 5.32 Å². The van der Waals surface area contributed by atoms with Crippen LogP contribution in [0.1, 0.15) is 0 Å². The molecule has 1 rings (SSSR count). The maximum Gasteiger partial charge on any atom is 0.351 e. The number of nitrogens with one attached hydrogen (secondary N) is 1. The lowest BCUT2D eigenvalue weighted by Gasteiger charge is -2.14. The van der Waals surface area contributed by atoms with E-state index >= 15 is 0 Å². The van der Waals surface area contributed by atoms with E-state index in [1.807, 2.05) is 0 Å².